The van der Waals surface area contributed by atoms with Gasteiger partial charge >= 0.3 is 0 Å². The van der Waals surface area contributed by atoms with E-state index in [9.17, 15) is 20.2 Å². The first-order valence-electron chi connectivity index (χ1n) is 7.32. The van der Waals surface area contributed by atoms with Crippen LogP contribution in [0.5, 0.6) is 0 Å². The lowest BCUT2D eigenvalue weighted by molar-refractivity contribution is -0.384. The Hall–Kier alpha value is -3.92. The highest BCUT2D eigenvalue weighted by atomic mass is 16.6. The van der Waals surface area contributed by atoms with Gasteiger partial charge in [-0.25, -0.2) is 0 Å². The van der Waals surface area contributed by atoms with E-state index in [4.69, 9.17) is 0 Å². The van der Waals surface area contributed by atoms with Crippen molar-refractivity contribution in [2.45, 2.75) is 0 Å². The zero-order valence-electron chi connectivity index (χ0n) is 12.9. The minimum absolute atomic E-state index is 0.101. The summed E-state index contributed by atoms with van der Waals surface area (Å²) in [6, 6.07) is 14.9. The van der Waals surface area contributed by atoms with E-state index in [0.717, 1.165) is 10.9 Å². The SMILES string of the molecule is N#CC(=Cc1c[nH]c2ccccc12)C(=O)Nc1cccc([N+](=O)[O-])c1. The molecular weight excluding hydrogens is 320 g/mol. The van der Waals surface area contributed by atoms with Crippen molar-refractivity contribution < 1.29 is 9.72 Å². The standard InChI is InChI=1S/C18H12N4O3/c19-10-12(8-13-11-20-17-7-2-1-6-16(13)17)18(23)21-14-4-3-5-15(9-14)22(24)25/h1-9,11,20H,(H,21,23). The number of non-ortho nitro benzene ring substituents is 1. The summed E-state index contributed by atoms with van der Waals surface area (Å²) in [7, 11) is 0. The maximum atomic E-state index is 12.3. The van der Waals surface area contributed by atoms with E-state index >= 15 is 0 Å². The van der Waals surface area contributed by atoms with Crippen LogP contribution in [0.25, 0.3) is 17.0 Å². The number of anilines is 1. The molecule has 0 aliphatic rings. The quantitative estimate of drug-likeness (QED) is 0.329. The summed E-state index contributed by atoms with van der Waals surface area (Å²) < 4.78 is 0. The number of carbonyl (C=O) groups is 1. The van der Waals surface area contributed by atoms with E-state index in [0.29, 0.717) is 5.56 Å². The van der Waals surface area contributed by atoms with Gasteiger partial charge in [0.1, 0.15) is 11.6 Å². The summed E-state index contributed by atoms with van der Waals surface area (Å²) in [5.41, 5.74) is 1.61. The first-order chi connectivity index (χ1) is 12.1. The number of hydrogen-bond donors (Lipinski definition) is 2. The highest BCUT2D eigenvalue weighted by molar-refractivity contribution is 6.10. The van der Waals surface area contributed by atoms with Gasteiger partial charge in [0.25, 0.3) is 11.6 Å². The van der Waals surface area contributed by atoms with Crippen LogP contribution in [-0.4, -0.2) is 15.8 Å². The Balaban J connectivity index is 1.88. The van der Waals surface area contributed by atoms with Gasteiger partial charge in [0, 0.05) is 40.5 Å². The molecule has 0 aliphatic carbocycles. The number of aromatic amines is 1. The van der Waals surface area contributed by atoms with Crippen molar-refractivity contribution >= 4 is 34.3 Å². The van der Waals surface area contributed by atoms with Crippen LogP contribution in [0.15, 0.2) is 60.3 Å². The molecule has 1 aromatic heterocycles. The molecule has 3 rings (SSSR count). The molecule has 1 amide bonds. The number of hydrogen-bond acceptors (Lipinski definition) is 4. The van der Waals surface area contributed by atoms with Gasteiger partial charge in [-0.05, 0) is 18.2 Å². The summed E-state index contributed by atoms with van der Waals surface area (Å²) in [6.07, 6.45) is 3.19. The van der Waals surface area contributed by atoms with Crippen molar-refractivity contribution in [1.29, 1.82) is 5.26 Å². The number of nitriles is 1. The number of amides is 1. The van der Waals surface area contributed by atoms with Gasteiger partial charge in [-0.3, -0.25) is 14.9 Å². The smallest absolute Gasteiger partial charge is 0.271 e. The van der Waals surface area contributed by atoms with Crippen molar-refractivity contribution in [3.05, 3.63) is 76.0 Å². The molecule has 7 heteroatoms. The number of para-hydroxylation sites is 1. The van der Waals surface area contributed by atoms with Crippen LogP contribution in [0.4, 0.5) is 11.4 Å². The summed E-state index contributed by atoms with van der Waals surface area (Å²) in [5.74, 6) is -0.631. The number of nitro groups is 1. The maximum absolute atomic E-state index is 12.3. The molecular formula is C18H12N4O3. The lowest BCUT2D eigenvalue weighted by Crippen LogP contribution is -2.13. The normalized spacial score (nSPS) is 11.1. The molecule has 0 saturated carbocycles. The number of nitrogens with one attached hydrogen (secondary N) is 2. The van der Waals surface area contributed by atoms with Crippen LogP contribution in [0.2, 0.25) is 0 Å². The van der Waals surface area contributed by atoms with Crippen LogP contribution < -0.4 is 5.32 Å². The number of H-pyrrole nitrogens is 1. The first-order valence-corrected chi connectivity index (χ1v) is 7.32. The molecule has 1 heterocycles. The maximum Gasteiger partial charge on any atom is 0.271 e. The molecule has 0 bridgehead atoms. The predicted molar refractivity (Wildman–Crippen MR) is 93.6 cm³/mol. The third-order valence-corrected chi connectivity index (χ3v) is 3.60. The molecule has 0 unspecified atom stereocenters. The predicted octanol–water partition coefficient (Wildman–Crippen LogP) is 3.62. The summed E-state index contributed by atoms with van der Waals surface area (Å²) >= 11 is 0. The van der Waals surface area contributed by atoms with E-state index in [1.54, 1.807) is 6.20 Å². The lowest BCUT2D eigenvalue weighted by Gasteiger charge is -2.04. The molecule has 122 valence electrons. The molecule has 3 aromatic rings. The van der Waals surface area contributed by atoms with Crippen LogP contribution in [-0.2, 0) is 4.79 Å². The fraction of sp³-hybridized carbons (Fsp3) is 0. The summed E-state index contributed by atoms with van der Waals surface area (Å²) in [6.45, 7) is 0. The fourth-order valence-corrected chi connectivity index (χ4v) is 2.41. The van der Waals surface area contributed by atoms with E-state index in [2.05, 4.69) is 10.3 Å². The Kier molecular flexibility index (Phi) is 4.26. The number of fused-ring (bicyclic) bond motifs is 1. The molecule has 0 fully saturated rings. The third kappa shape index (κ3) is 3.38. The molecule has 2 N–H and O–H groups in total. The van der Waals surface area contributed by atoms with Crippen LogP contribution in [0.3, 0.4) is 0 Å². The Morgan fingerprint density at radius 3 is 2.80 bits per heavy atom. The monoisotopic (exact) mass is 332 g/mol. The zero-order valence-corrected chi connectivity index (χ0v) is 12.9. The Morgan fingerprint density at radius 2 is 2.04 bits per heavy atom. The second-order valence-corrected chi connectivity index (χ2v) is 5.22. The van der Waals surface area contributed by atoms with Gasteiger partial charge in [0.2, 0.25) is 0 Å². The van der Waals surface area contributed by atoms with Gasteiger partial charge < -0.3 is 10.3 Å². The molecule has 0 spiro atoms. The van der Waals surface area contributed by atoms with E-state index < -0.39 is 10.8 Å². The largest absolute Gasteiger partial charge is 0.361 e. The van der Waals surface area contributed by atoms with Gasteiger partial charge in [-0.15, -0.1) is 0 Å². The van der Waals surface area contributed by atoms with Gasteiger partial charge in [-0.2, -0.15) is 5.26 Å². The minimum atomic E-state index is -0.631. The van der Waals surface area contributed by atoms with E-state index in [1.165, 1.54) is 30.3 Å². The second-order valence-electron chi connectivity index (χ2n) is 5.22. The van der Waals surface area contributed by atoms with E-state index in [-0.39, 0.29) is 16.9 Å². The van der Waals surface area contributed by atoms with Crippen molar-refractivity contribution in [3.8, 4) is 6.07 Å². The summed E-state index contributed by atoms with van der Waals surface area (Å²) in [5, 5.41) is 23.5. The Labute approximate surface area is 142 Å². The molecule has 0 aliphatic heterocycles. The summed E-state index contributed by atoms with van der Waals surface area (Å²) in [4.78, 5) is 25.6. The average Bonchev–Trinajstić information content (AvgIpc) is 3.02. The van der Waals surface area contributed by atoms with Gasteiger partial charge in [0.05, 0.1) is 4.92 Å². The second kappa shape index (κ2) is 6.68. The number of nitrogens with zero attached hydrogens (tertiary/aromatic N) is 2. The van der Waals surface area contributed by atoms with Gasteiger partial charge in [0.15, 0.2) is 0 Å². The van der Waals surface area contributed by atoms with Crippen molar-refractivity contribution in [3.63, 3.8) is 0 Å². The van der Waals surface area contributed by atoms with Crippen molar-refractivity contribution in [2.24, 2.45) is 0 Å². The molecule has 7 nitrogen and oxygen atoms in total. The van der Waals surface area contributed by atoms with E-state index in [1.807, 2.05) is 30.3 Å². The molecule has 0 radical (unpaired) electrons. The Morgan fingerprint density at radius 1 is 1.24 bits per heavy atom. The Bertz CT molecular complexity index is 1040. The number of nitro benzene ring substituents is 1. The number of benzene rings is 2. The highest BCUT2D eigenvalue weighted by Crippen LogP contribution is 2.21. The third-order valence-electron chi connectivity index (χ3n) is 3.60. The lowest BCUT2D eigenvalue weighted by atomic mass is 10.1. The first kappa shape index (κ1) is 16.0. The topological polar surface area (TPSA) is 112 Å². The van der Waals surface area contributed by atoms with Crippen molar-refractivity contribution in [1.82, 2.24) is 4.98 Å². The van der Waals surface area contributed by atoms with Crippen molar-refractivity contribution in [2.75, 3.05) is 5.32 Å². The molecule has 2 aromatic carbocycles. The molecule has 0 atom stereocenters. The number of rotatable bonds is 4. The molecule has 0 saturated heterocycles. The average molecular weight is 332 g/mol. The van der Waals surface area contributed by atoms with Crippen LogP contribution in [0, 0.1) is 21.4 Å². The highest BCUT2D eigenvalue weighted by Gasteiger charge is 2.13. The fourth-order valence-electron chi connectivity index (χ4n) is 2.41. The van der Waals surface area contributed by atoms with Crippen LogP contribution in [0.1, 0.15) is 5.56 Å². The number of aromatic nitrogens is 1. The van der Waals surface area contributed by atoms with Gasteiger partial charge in [-0.1, -0.05) is 24.3 Å². The molecule has 25 heavy (non-hydrogen) atoms. The van der Waals surface area contributed by atoms with Crippen LogP contribution >= 0.6 is 0 Å². The number of carbonyl (C=O) groups excluding carboxylic acids is 1. The zero-order chi connectivity index (χ0) is 17.8. The minimum Gasteiger partial charge on any atom is -0.361 e.